The maximum Gasteiger partial charge on any atom is 0.339 e. The molecule has 7 nitrogen and oxygen atoms in total. The molecule has 0 aliphatic heterocycles. The summed E-state index contributed by atoms with van der Waals surface area (Å²) in [5.41, 5.74) is 3.34. The third-order valence-electron chi connectivity index (χ3n) is 5.38. The molecule has 0 aromatic heterocycles. The van der Waals surface area contributed by atoms with Crippen molar-refractivity contribution in [2.24, 2.45) is 5.14 Å². The van der Waals surface area contributed by atoms with Crippen LogP contribution in [0.2, 0.25) is 0 Å². The molecular weight excluding hydrogens is 452 g/mol. The molecule has 3 N–H and O–H groups in total. The van der Waals surface area contributed by atoms with Crippen LogP contribution in [0, 0.1) is 0 Å². The van der Waals surface area contributed by atoms with Gasteiger partial charge >= 0.3 is 5.97 Å². The average Bonchev–Trinajstić information content (AvgIpc) is 2.83. The largest absolute Gasteiger partial charge is 0.449 e. The van der Waals surface area contributed by atoms with Crippen LogP contribution in [-0.2, 0) is 38.8 Å². The van der Waals surface area contributed by atoms with Gasteiger partial charge in [-0.25, -0.2) is 18.4 Å². The normalized spacial score (nSPS) is 12.1. The fourth-order valence-electron chi connectivity index (χ4n) is 3.46. The zero-order valence-electron chi connectivity index (χ0n) is 18.9. The Morgan fingerprint density at radius 3 is 2.15 bits per heavy atom. The van der Waals surface area contributed by atoms with E-state index in [0.717, 1.165) is 17.5 Å². The molecule has 0 saturated heterocycles. The van der Waals surface area contributed by atoms with Crippen LogP contribution >= 0.6 is 0 Å². The molecule has 0 bridgehead atoms. The van der Waals surface area contributed by atoms with Gasteiger partial charge in [-0.2, -0.15) is 0 Å². The van der Waals surface area contributed by atoms with Gasteiger partial charge in [-0.05, 0) is 61.1 Å². The Balaban J connectivity index is 1.50. The Bertz CT molecular complexity index is 1230. The smallest absolute Gasteiger partial charge is 0.339 e. The number of hydrogen-bond donors (Lipinski definition) is 2. The maximum absolute atomic E-state index is 12.7. The maximum atomic E-state index is 12.7. The number of carbonyl (C=O) groups is 2. The third kappa shape index (κ3) is 7.26. The summed E-state index contributed by atoms with van der Waals surface area (Å²) in [6.45, 7) is 1.84. The standard InChI is InChI=1S/C26H28N2O5S/c1-19(25(29)28-18-17-21-12-15-23(16-13-21)34(27,31)32)33-26(30)24-10-6-5-9-22(24)14-11-20-7-3-2-4-8-20/h2-10,12-13,15-16,19H,11,14,17-18H2,1H3,(H,28,29)(H2,27,31,32). The highest BCUT2D eigenvalue weighted by Gasteiger charge is 2.20. The number of amides is 1. The minimum Gasteiger partial charge on any atom is -0.449 e. The van der Waals surface area contributed by atoms with Gasteiger partial charge in [0.2, 0.25) is 10.0 Å². The minimum absolute atomic E-state index is 0.0323. The van der Waals surface area contributed by atoms with Crippen molar-refractivity contribution in [2.75, 3.05) is 6.54 Å². The molecule has 0 aliphatic rings. The SMILES string of the molecule is CC(OC(=O)c1ccccc1CCc1ccccc1)C(=O)NCCc1ccc(S(N)(=O)=O)cc1. The summed E-state index contributed by atoms with van der Waals surface area (Å²) in [5, 5.41) is 7.82. The Hall–Kier alpha value is -3.49. The first kappa shape index (κ1) is 25.1. The third-order valence-corrected chi connectivity index (χ3v) is 6.31. The van der Waals surface area contributed by atoms with Gasteiger partial charge in [-0.3, -0.25) is 4.79 Å². The van der Waals surface area contributed by atoms with Gasteiger partial charge in [0.05, 0.1) is 10.5 Å². The Morgan fingerprint density at radius 2 is 1.47 bits per heavy atom. The fourth-order valence-corrected chi connectivity index (χ4v) is 3.97. The molecular formula is C26H28N2O5S. The zero-order chi connectivity index (χ0) is 24.6. The number of ether oxygens (including phenoxy) is 1. The van der Waals surface area contributed by atoms with E-state index in [0.29, 0.717) is 24.9 Å². The zero-order valence-corrected chi connectivity index (χ0v) is 19.8. The van der Waals surface area contributed by atoms with Gasteiger partial charge in [0.1, 0.15) is 0 Å². The minimum atomic E-state index is -3.74. The molecule has 3 rings (SSSR count). The second-order valence-electron chi connectivity index (χ2n) is 7.92. The Labute approximate surface area is 200 Å². The van der Waals surface area contributed by atoms with E-state index in [-0.39, 0.29) is 4.90 Å². The van der Waals surface area contributed by atoms with Crippen molar-refractivity contribution in [2.45, 2.75) is 37.2 Å². The molecule has 1 amide bonds. The molecule has 34 heavy (non-hydrogen) atoms. The quantitative estimate of drug-likeness (QED) is 0.433. The highest BCUT2D eigenvalue weighted by Crippen LogP contribution is 2.15. The molecule has 0 radical (unpaired) electrons. The number of primary sulfonamides is 1. The van der Waals surface area contributed by atoms with Gasteiger partial charge in [-0.15, -0.1) is 0 Å². The number of nitrogens with two attached hydrogens (primary N) is 1. The molecule has 0 spiro atoms. The van der Waals surface area contributed by atoms with Gasteiger partial charge in [0.15, 0.2) is 6.10 Å². The van der Waals surface area contributed by atoms with Crippen LogP contribution in [0.4, 0.5) is 0 Å². The van der Waals surface area contributed by atoms with E-state index in [1.807, 2.05) is 42.5 Å². The summed E-state index contributed by atoms with van der Waals surface area (Å²) >= 11 is 0. The molecule has 0 aliphatic carbocycles. The fraction of sp³-hybridized carbons (Fsp3) is 0.231. The first-order chi connectivity index (χ1) is 16.2. The molecule has 1 unspecified atom stereocenters. The van der Waals surface area contributed by atoms with Crippen LogP contribution in [-0.4, -0.2) is 32.9 Å². The first-order valence-corrected chi connectivity index (χ1v) is 12.5. The summed E-state index contributed by atoms with van der Waals surface area (Å²) in [4.78, 5) is 25.2. The molecule has 0 fully saturated rings. The van der Waals surface area contributed by atoms with Gasteiger partial charge < -0.3 is 10.1 Å². The van der Waals surface area contributed by atoms with E-state index >= 15 is 0 Å². The number of rotatable bonds is 10. The lowest BCUT2D eigenvalue weighted by Crippen LogP contribution is -2.37. The predicted molar refractivity (Wildman–Crippen MR) is 130 cm³/mol. The number of esters is 1. The molecule has 0 heterocycles. The molecule has 8 heteroatoms. The van der Waals surface area contributed by atoms with Crippen molar-refractivity contribution in [1.29, 1.82) is 0 Å². The highest BCUT2D eigenvalue weighted by molar-refractivity contribution is 7.89. The van der Waals surface area contributed by atoms with E-state index in [1.165, 1.54) is 24.6 Å². The lowest BCUT2D eigenvalue weighted by Gasteiger charge is -2.15. The summed E-state index contributed by atoms with van der Waals surface area (Å²) in [6.07, 6.45) is 0.999. The molecule has 1 atom stereocenters. The number of aryl methyl sites for hydroxylation is 2. The van der Waals surface area contributed by atoms with Crippen molar-refractivity contribution < 1.29 is 22.7 Å². The first-order valence-electron chi connectivity index (χ1n) is 11.0. The van der Waals surface area contributed by atoms with Crippen LogP contribution in [0.15, 0.2) is 83.8 Å². The number of sulfonamides is 1. The monoisotopic (exact) mass is 480 g/mol. The number of carbonyl (C=O) groups excluding carboxylic acids is 2. The van der Waals surface area contributed by atoms with Crippen LogP contribution < -0.4 is 10.5 Å². The summed E-state index contributed by atoms with van der Waals surface area (Å²) in [5.74, 6) is -0.943. The van der Waals surface area contributed by atoms with E-state index in [9.17, 15) is 18.0 Å². The van der Waals surface area contributed by atoms with Crippen molar-refractivity contribution in [3.05, 3.63) is 101 Å². The lowest BCUT2D eigenvalue weighted by atomic mass is 10.00. The molecule has 3 aromatic rings. The van der Waals surface area contributed by atoms with Crippen molar-refractivity contribution in [3.8, 4) is 0 Å². The Morgan fingerprint density at radius 1 is 0.853 bits per heavy atom. The number of nitrogens with one attached hydrogen (secondary N) is 1. The Kier molecular flexibility index (Phi) is 8.56. The van der Waals surface area contributed by atoms with Crippen LogP contribution in [0.1, 0.15) is 34.0 Å². The van der Waals surface area contributed by atoms with E-state index < -0.39 is 28.0 Å². The lowest BCUT2D eigenvalue weighted by molar-refractivity contribution is -0.129. The van der Waals surface area contributed by atoms with E-state index in [4.69, 9.17) is 9.88 Å². The van der Waals surface area contributed by atoms with Crippen molar-refractivity contribution in [1.82, 2.24) is 5.32 Å². The van der Waals surface area contributed by atoms with Gasteiger partial charge in [-0.1, -0.05) is 60.7 Å². The highest BCUT2D eigenvalue weighted by atomic mass is 32.2. The van der Waals surface area contributed by atoms with Gasteiger partial charge in [0.25, 0.3) is 5.91 Å². The second kappa shape index (κ2) is 11.6. The molecule has 0 saturated carbocycles. The molecule has 178 valence electrons. The number of hydrogen-bond acceptors (Lipinski definition) is 5. The van der Waals surface area contributed by atoms with Crippen molar-refractivity contribution >= 4 is 21.9 Å². The van der Waals surface area contributed by atoms with E-state index in [2.05, 4.69) is 5.32 Å². The van der Waals surface area contributed by atoms with Crippen LogP contribution in [0.25, 0.3) is 0 Å². The predicted octanol–water partition coefficient (Wildman–Crippen LogP) is 3.02. The molecule has 3 aromatic carbocycles. The number of benzene rings is 3. The summed E-state index contributed by atoms with van der Waals surface area (Å²) in [7, 11) is -3.74. The van der Waals surface area contributed by atoms with E-state index in [1.54, 1.807) is 24.3 Å². The summed E-state index contributed by atoms with van der Waals surface area (Å²) in [6, 6.07) is 23.4. The van der Waals surface area contributed by atoms with Crippen LogP contribution in [0.5, 0.6) is 0 Å². The van der Waals surface area contributed by atoms with Crippen molar-refractivity contribution in [3.63, 3.8) is 0 Å². The average molecular weight is 481 g/mol. The van der Waals surface area contributed by atoms with Crippen LogP contribution in [0.3, 0.4) is 0 Å². The second-order valence-corrected chi connectivity index (χ2v) is 9.48. The van der Waals surface area contributed by atoms with Gasteiger partial charge in [0, 0.05) is 6.54 Å². The summed E-state index contributed by atoms with van der Waals surface area (Å²) < 4.78 is 28.0. The topological polar surface area (TPSA) is 116 Å².